The number of benzene rings is 1. The van der Waals surface area contributed by atoms with Crippen molar-refractivity contribution in [2.75, 3.05) is 19.5 Å². The van der Waals surface area contributed by atoms with Gasteiger partial charge in [-0.25, -0.2) is 9.59 Å². The van der Waals surface area contributed by atoms with Gasteiger partial charge in [-0.3, -0.25) is 10.1 Å². The van der Waals surface area contributed by atoms with Gasteiger partial charge in [0.15, 0.2) is 5.72 Å². The summed E-state index contributed by atoms with van der Waals surface area (Å²) in [5.74, 6) is -0.546. The van der Waals surface area contributed by atoms with Crippen LogP contribution in [0, 0.1) is 5.92 Å². The zero-order valence-electron chi connectivity index (χ0n) is 23.2. The number of halogens is 1. The third-order valence-electron chi connectivity index (χ3n) is 6.81. The lowest BCUT2D eigenvalue weighted by atomic mass is 9.89. The van der Waals surface area contributed by atoms with E-state index in [-0.39, 0.29) is 17.9 Å². The fourth-order valence-corrected chi connectivity index (χ4v) is 5.02. The maximum Gasteiger partial charge on any atom is 0.409 e. The van der Waals surface area contributed by atoms with Gasteiger partial charge in [0.2, 0.25) is 5.91 Å². The molecule has 40 heavy (non-hydrogen) atoms. The molecule has 1 unspecified atom stereocenters. The Morgan fingerprint density at radius 3 is 2.62 bits per heavy atom. The molecule has 1 aromatic rings. The van der Waals surface area contributed by atoms with Crippen molar-refractivity contribution in [3.63, 3.8) is 0 Å². The number of hydrogen-bond acceptors (Lipinski definition) is 8. The first-order valence-corrected chi connectivity index (χ1v) is 13.1. The molecular weight excluding hydrogens is 542 g/mol. The van der Waals surface area contributed by atoms with E-state index in [1.165, 1.54) is 14.2 Å². The molecule has 0 spiro atoms. The Hall–Kier alpha value is -3.54. The molecule has 0 aromatic heterocycles. The number of rotatable bonds is 3. The Morgan fingerprint density at radius 2 is 1.98 bits per heavy atom. The lowest BCUT2D eigenvalue weighted by molar-refractivity contribution is -0.138. The number of carbonyl (C=O) groups is 3. The first-order valence-electron chi connectivity index (χ1n) is 12.7. The number of carbonyl (C=O) groups excluding carboxylic acids is 3. The van der Waals surface area contributed by atoms with E-state index in [1.807, 2.05) is 13.0 Å². The van der Waals surface area contributed by atoms with Crippen LogP contribution < -0.4 is 21.1 Å². The number of ether oxygens (including phenoxy) is 4. The number of alkyl carbamates (subject to hydrolysis) is 1. The van der Waals surface area contributed by atoms with Gasteiger partial charge in [0.1, 0.15) is 29.1 Å². The molecule has 5 N–H and O–H groups in total. The predicted octanol–water partition coefficient (Wildman–Crippen LogP) is 3.98. The lowest BCUT2D eigenvalue weighted by Crippen LogP contribution is -2.63. The molecule has 11 nitrogen and oxygen atoms in total. The second-order valence-electron chi connectivity index (χ2n) is 10.0. The van der Waals surface area contributed by atoms with Crippen molar-refractivity contribution < 1.29 is 38.4 Å². The minimum absolute atomic E-state index is 0.00118. The van der Waals surface area contributed by atoms with Gasteiger partial charge in [0.05, 0.1) is 19.2 Å². The Labute approximate surface area is 238 Å². The van der Waals surface area contributed by atoms with Crippen molar-refractivity contribution in [3.8, 4) is 5.75 Å². The summed E-state index contributed by atoms with van der Waals surface area (Å²) in [5.41, 5.74) is 6.12. The molecule has 2 aliphatic rings. The molecular formula is C28H36ClN3O8. The first-order chi connectivity index (χ1) is 18.8. The number of fused-ring (bicyclic) bond motifs is 4. The third-order valence-corrected chi connectivity index (χ3v) is 7.20. The van der Waals surface area contributed by atoms with Gasteiger partial charge in [-0.05, 0) is 43.5 Å². The Balaban J connectivity index is 2.09. The minimum Gasteiger partial charge on any atom is -0.495 e. The van der Waals surface area contributed by atoms with Crippen molar-refractivity contribution in [2.45, 2.75) is 64.1 Å². The van der Waals surface area contributed by atoms with Crippen LogP contribution in [-0.2, 0) is 25.4 Å². The van der Waals surface area contributed by atoms with Crippen LogP contribution in [0.4, 0.5) is 15.3 Å². The minimum atomic E-state index is -1.76. The monoisotopic (exact) mass is 577 g/mol. The number of aliphatic hydroxyl groups is 1. The maximum atomic E-state index is 13.1. The van der Waals surface area contributed by atoms with Crippen molar-refractivity contribution in [2.24, 2.45) is 11.7 Å². The Kier molecular flexibility index (Phi) is 10.2. The quantitative estimate of drug-likeness (QED) is 0.393. The summed E-state index contributed by atoms with van der Waals surface area (Å²) in [6.45, 7) is 5.36. The summed E-state index contributed by atoms with van der Waals surface area (Å²) in [7, 11) is 2.91. The zero-order chi connectivity index (χ0) is 29.6. The van der Waals surface area contributed by atoms with E-state index in [0.29, 0.717) is 23.4 Å². The smallest absolute Gasteiger partial charge is 0.409 e. The maximum absolute atomic E-state index is 13.1. The molecule has 1 fully saturated rings. The van der Waals surface area contributed by atoms with E-state index in [0.717, 1.165) is 11.1 Å². The van der Waals surface area contributed by atoms with Gasteiger partial charge >= 0.3 is 12.2 Å². The molecule has 5 atom stereocenters. The number of primary amides is 1. The molecule has 0 saturated carbocycles. The van der Waals surface area contributed by atoms with Gasteiger partial charge in [-0.15, -0.1) is 0 Å². The summed E-state index contributed by atoms with van der Waals surface area (Å²) in [6, 6.07) is 3.51. The van der Waals surface area contributed by atoms with E-state index in [4.69, 9.17) is 36.3 Å². The van der Waals surface area contributed by atoms with Gasteiger partial charge < -0.3 is 35.1 Å². The van der Waals surface area contributed by atoms with Crippen molar-refractivity contribution in [1.29, 1.82) is 0 Å². The van der Waals surface area contributed by atoms with E-state index >= 15 is 0 Å². The van der Waals surface area contributed by atoms with Crippen molar-refractivity contribution >= 4 is 35.4 Å². The SMILES string of the molecule is COc1cc2cc(c1Cl)NC(=O)C[C@H](OC(N)=O)/C(C)=C/C(C)[C@@H]1C[C@@](O)(NC(=O)O1)[C@H](OC)/C=C/C=C(\C)C2. The highest BCUT2D eigenvalue weighted by Crippen LogP contribution is 2.35. The van der Waals surface area contributed by atoms with Crippen LogP contribution in [0.5, 0.6) is 5.75 Å². The molecule has 1 aromatic carbocycles. The molecule has 12 heteroatoms. The van der Waals surface area contributed by atoms with E-state index in [9.17, 15) is 19.5 Å². The second-order valence-corrected chi connectivity index (χ2v) is 10.4. The number of anilines is 1. The Bertz CT molecular complexity index is 1230. The lowest BCUT2D eigenvalue weighted by Gasteiger charge is -2.41. The molecule has 3 amide bonds. The Morgan fingerprint density at radius 1 is 1.25 bits per heavy atom. The van der Waals surface area contributed by atoms with Crippen LogP contribution in [0.25, 0.3) is 0 Å². The normalized spacial score (nSPS) is 31.3. The van der Waals surface area contributed by atoms with Gasteiger partial charge in [-0.1, -0.05) is 48.4 Å². The van der Waals surface area contributed by atoms with E-state index in [1.54, 1.807) is 44.2 Å². The average molecular weight is 578 g/mol. The first kappa shape index (κ1) is 31.0. The third kappa shape index (κ3) is 7.77. The number of hydrogen-bond donors (Lipinski definition) is 4. The highest BCUT2D eigenvalue weighted by atomic mass is 35.5. The fourth-order valence-electron chi connectivity index (χ4n) is 4.79. The molecule has 4 bridgehead atoms. The van der Waals surface area contributed by atoms with Gasteiger partial charge in [0.25, 0.3) is 0 Å². The fraction of sp³-hybridized carbons (Fsp3) is 0.464. The van der Waals surface area contributed by atoms with Crippen LogP contribution in [0.15, 0.2) is 47.6 Å². The largest absolute Gasteiger partial charge is 0.495 e. The van der Waals surface area contributed by atoms with Crippen LogP contribution >= 0.6 is 11.6 Å². The highest BCUT2D eigenvalue weighted by molar-refractivity contribution is 6.35. The molecule has 2 heterocycles. The van der Waals surface area contributed by atoms with Crippen LogP contribution in [-0.4, -0.2) is 61.5 Å². The van der Waals surface area contributed by atoms with Gasteiger partial charge in [0, 0.05) is 19.4 Å². The summed E-state index contributed by atoms with van der Waals surface area (Å²) in [5, 5.41) is 16.9. The summed E-state index contributed by atoms with van der Waals surface area (Å²) < 4.78 is 21.7. The van der Waals surface area contributed by atoms with Crippen molar-refractivity contribution in [1.82, 2.24) is 5.32 Å². The molecule has 1 saturated heterocycles. The molecule has 2 aliphatic heterocycles. The number of nitrogens with one attached hydrogen (secondary N) is 2. The van der Waals surface area contributed by atoms with Crippen LogP contribution in [0.1, 0.15) is 39.2 Å². The van der Waals surface area contributed by atoms with Crippen LogP contribution in [0.2, 0.25) is 5.02 Å². The van der Waals surface area contributed by atoms with Crippen molar-refractivity contribution in [3.05, 3.63) is 58.2 Å². The summed E-state index contributed by atoms with van der Waals surface area (Å²) in [4.78, 5) is 37.2. The number of amides is 3. The number of methoxy groups -OCH3 is 2. The zero-order valence-corrected chi connectivity index (χ0v) is 23.9. The molecule has 0 radical (unpaired) electrons. The molecule has 3 rings (SSSR count). The average Bonchev–Trinajstić information content (AvgIpc) is 2.86. The standard InChI is InChI=1S/C28H36ClN3O8/c1-15-7-6-8-23(38-5)28(36)14-22(40-27(35)32-28)17(3)10-16(2)20(39-26(30)34)13-24(33)31-19-11-18(9-15)12-21(37-4)25(19)29/h6-8,10-12,17,20,22-23,36H,9,13-14H2,1-5H3,(H2,30,34)(H,31,33)(H,32,35)/b8-6+,15-7+,16-10+/t17?,20-,22-,23+,28-/m0/s1. The topological polar surface area (TPSA) is 158 Å². The highest BCUT2D eigenvalue weighted by Gasteiger charge is 2.46. The summed E-state index contributed by atoms with van der Waals surface area (Å²) >= 11 is 6.48. The predicted molar refractivity (Wildman–Crippen MR) is 149 cm³/mol. The number of nitrogens with two attached hydrogens (primary N) is 1. The molecule has 218 valence electrons. The summed E-state index contributed by atoms with van der Waals surface area (Å²) in [6.07, 6.45) is 2.66. The van der Waals surface area contributed by atoms with Crippen LogP contribution in [0.3, 0.4) is 0 Å². The van der Waals surface area contributed by atoms with Gasteiger partial charge in [-0.2, -0.15) is 0 Å². The molecule has 0 aliphatic carbocycles. The second kappa shape index (κ2) is 13.2. The van der Waals surface area contributed by atoms with E-state index < -0.39 is 48.0 Å². The van der Waals surface area contributed by atoms with E-state index in [2.05, 4.69) is 10.6 Å². The number of allylic oxidation sites excluding steroid dienone is 3.